The fourth-order valence-electron chi connectivity index (χ4n) is 3.46. The summed E-state index contributed by atoms with van der Waals surface area (Å²) in [5.41, 5.74) is 0. The van der Waals surface area contributed by atoms with Gasteiger partial charge in [-0.05, 0) is 77.0 Å². The second kappa shape index (κ2) is 20.1. The van der Waals surface area contributed by atoms with Crippen molar-refractivity contribution in [3.05, 3.63) is 24.3 Å². The average Bonchev–Trinajstić information content (AvgIpc) is 2.70. The van der Waals surface area contributed by atoms with E-state index in [1.54, 1.807) is 0 Å². The topological polar surface area (TPSA) is 18.5 Å². The van der Waals surface area contributed by atoms with Crippen molar-refractivity contribution in [2.24, 2.45) is 0 Å². The summed E-state index contributed by atoms with van der Waals surface area (Å²) >= 11 is 0. The molecule has 0 amide bonds. The maximum atomic E-state index is 5.76. The zero-order chi connectivity index (χ0) is 19.3. The molecule has 1 heterocycles. The molecule has 158 valence electrons. The van der Waals surface area contributed by atoms with Crippen LogP contribution >= 0.6 is 0 Å². The molecule has 0 aromatic heterocycles. The molecular weight excluding hydrogens is 332 g/mol. The first-order valence-corrected chi connectivity index (χ1v) is 12.0. The maximum Gasteiger partial charge on any atom is 0.157 e. The molecule has 0 aromatic rings. The van der Waals surface area contributed by atoms with Crippen molar-refractivity contribution in [1.29, 1.82) is 0 Å². The molecule has 1 aliphatic rings. The highest BCUT2D eigenvalue weighted by Crippen LogP contribution is 2.14. The Bertz CT molecular complexity index is 342. The lowest BCUT2D eigenvalue weighted by Gasteiger charge is -2.22. The number of allylic oxidation sites excluding steroid dienone is 4. The van der Waals surface area contributed by atoms with E-state index in [0.29, 0.717) is 0 Å². The van der Waals surface area contributed by atoms with E-state index < -0.39 is 0 Å². The molecule has 0 aromatic carbocycles. The number of rotatable bonds is 18. The van der Waals surface area contributed by atoms with E-state index >= 15 is 0 Å². The zero-order valence-electron chi connectivity index (χ0n) is 18.1. The summed E-state index contributed by atoms with van der Waals surface area (Å²) in [6, 6.07) is 0. The molecule has 2 nitrogen and oxygen atoms in total. The summed E-state index contributed by atoms with van der Waals surface area (Å²) in [5.74, 6) is 0. The second-order valence-corrected chi connectivity index (χ2v) is 7.95. The third-order valence-electron chi connectivity index (χ3n) is 5.26. The molecule has 2 heteroatoms. The third-order valence-corrected chi connectivity index (χ3v) is 5.26. The quantitative estimate of drug-likeness (QED) is 0.177. The minimum Gasteiger partial charge on any atom is -0.353 e. The van der Waals surface area contributed by atoms with Gasteiger partial charge in [-0.25, -0.2) is 0 Å². The van der Waals surface area contributed by atoms with Crippen LogP contribution in [0, 0.1) is 0 Å². The lowest BCUT2D eigenvalue weighted by atomic mass is 10.1. The van der Waals surface area contributed by atoms with Crippen molar-refractivity contribution in [2.45, 2.75) is 122 Å². The predicted octanol–water partition coefficient (Wildman–Crippen LogP) is 8.12. The van der Waals surface area contributed by atoms with E-state index in [9.17, 15) is 0 Å². The van der Waals surface area contributed by atoms with Crippen molar-refractivity contribution in [3.63, 3.8) is 0 Å². The largest absolute Gasteiger partial charge is 0.353 e. The van der Waals surface area contributed by atoms with Crippen LogP contribution in [0.4, 0.5) is 0 Å². The minimum absolute atomic E-state index is 0.0779. The van der Waals surface area contributed by atoms with Crippen LogP contribution in [-0.2, 0) is 9.47 Å². The van der Waals surface area contributed by atoms with Gasteiger partial charge in [0.2, 0.25) is 0 Å². The van der Waals surface area contributed by atoms with Crippen LogP contribution in [0.1, 0.15) is 116 Å². The second-order valence-electron chi connectivity index (χ2n) is 7.95. The van der Waals surface area contributed by atoms with E-state index in [2.05, 4.69) is 31.2 Å². The van der Waals surface area contributed by atoms with Gasteiger partial charge in [-0.2, -0.15) is 0 Å². The van der Waals surface area contributed by atoms with Gasteiger partial charge in [0.15, 0.2) is 6.29 Å². The van der Waals surface area contributed by atoms with Crippen LogP contribution in [0.2, 0.25) is 0 Å². The Hall–Kier alpha value is -0.600. The van der Waals surface area contributed by atoms with Gasteiger partial charge in [-0.1, -0.05) is 63.3 Å². The lowest BCUT2D eigenvalue weighted by molar-refractivity contribution is -0.162. The van der Waals surface area contributed by atoms with Gasteiger partial charge < -0.3 is 9.47 Å². The Balaban J connectivity index is 1.74. The SMILES string of the molecule is CCCCCCCC/C=C\CCCC/C=C\CCCCOC1CCCCO1. The molecule has 1 saturated heterocycles. The van der Waals surface area contributed by atoms with Gasteiger partial charge in [0.25, 0.3) is 0 Å². The van der Waals surface area contributed by atoms with Gasteiger partial charge >= 0.3 is 0 Å². The van der Waals surface area contributed by atoms with E-state index in [4.69, 9.17) is 9.47 Å². The number of unbranched alkanes of at least 4 members (excludes halogenated alkanes) is 11. The van der Waals surface area contributed by atoms with Gasteiger partial charge in [-0.15, -0.1) is 0 Å². The monoisotopic (exact) mass is 378 g/mol. The summed E-state index contributed by atoms with van der Waals surface area (Å²) in [6.45, 7) is 4.01. The maximum absolute atomic E-state index is 5.76. The Morgan fingerprint density at radius 2 is 1.26 bits per heavy atom. The zero-order valence-corrected chi connectivity index (χ0v) is 18.1. The van der Waals surface area contributed by atoms with E-state index in [1.807, 2.05) is 0 Å². The molecule has 1 rings (SSSR count). The molecule has 1 atom stereocenters. The highest BCUT2D eigenvalue weighted by Gasteiger charge is 2.12. The van der Waals surface area contributed by atoms with E-state index in [0.717, 1.165) is 26.1 Å². The molecule has 0 N–H and O–H groups in total. The minimum atomic E-state index is 0.0779. The van der Waals surface area contributed by atoms with E-state index in [-0.39, 0.29) is 6.29 Å². The molecular formula is C25H46O2. The van der Waals surface area contributed by atoms with Crippen molar-refractivity contribution >= 4 is 0 Å². The summed E-state index contributed by atoms with van der Waals surface area (Å²) in [7, 11) is 0. The van der Waals surface area contributed by atoms with Crippen molar-refractivity contribution in [2.75, 3.05) is 13.2 Å². The van der Waals surface area contributed by atoms with Crippen LogP contribution < -0.4 is 0 Å². The Kier molecular flexibility index (Phi) is 18.2. The highest BCUT2D eigenvalue weighted by molar-refractivity contribution is 4.84. The smallest absolute Gasteiger partial charge is 0.157 e. The fraction of sp³-hybridized carbons (Fsp3) is 0.840. The molecule has 1 aliphatic heterocycles. The van der Waals surface area contributed by atoms with Crippen molar-refractivity contribution < 1.29 is 9.47 Å². The van der Waals surface area contributed by atoms with E-state index in [1.165, 1.54) is 96.3 Å². The van der Waals surface area contributed by atoms with Gasteiger partial charge in [0.1, 0.15) is 0 Å². The standard InChI is InChI=1S/C25H46O2/c1-2-3-4-5-6-7-8-9-10-11-12-13-14-15-16-17-18-20-23-26-25-22-19-21-24-27-25/h9-10,15-16,25H,2-8,11-14,17-24H2,1H3/b10-9-,16-15-. The average molecular weight is 379 g/mol. The fourth-order valence-corrected chi connectivity index (χ4v) is 3.46. The van der Waals surface area contributed by atoms with Crippen LogP contribution in [-0.4, -0.2) is 19.5 Å². The lowest BCUT2D eigenvalue weighted by Crippen LogP contribution is -2.22. The first-order chi connectivity index (χ1) is 13.4. The molecule has 1 fully saturated rings. The molecule has 27 heavy (non-hydrogen) atoms. The Morgan fingerprint density at radius 1 is 0.704 bits per heavy atom. The normalized spacial score (nSPS) is 18.0. The highest BCUT2D eigenvalue weighted by atomic mass is 16.7. The summed E-state index contributed by atoms with van der Waals surface area (Å²) in [6.07, 6.45) is 31.5. The number of ether oxygens (including phenoxy) is 2. The van der Waals surface area contributed by atoms with Crippen LogP contribution in [0.3, 0.4) is 0 Å². The molecule has 0 saturated carbocycles. The van der Waals surface area contributed by atoms with Crippen molar-refractivity contribution in [3.8, 4) is 0 Å². The van der Waals surface area contributed by atoms with Crippen LogP contribution in [0.5, 0.6) is 0 Å². The first-order valence-electron chi connectivity index (χ1n) is 12.0. The predicted molar refractivity (Wildman–Crippen MR) is 118 cm³/mol. The molecule has 1 unspecified atom stereocenters. The first kappa shape index (κ1) is 24.4. The van der Waals surface area contributed by atoms with Crippen molar-refractivity contribution in [1.82, 2.24) is 0 Å². The summed E-state index contributed by atoms with van der Waals surface area (Å²) in [4.78, 5) is 0. The summed E-state index contributed by atoms with van der Waals surface area (Å²) < 4.78 is 11.3. The Morgan fingerprint density at radius 3 is 1.85 bits per heavy atom. The molecule has 0 aliphatic carbocycles. The van der Waals surface area contributed by atoms with Crippen LogP contribution in [0.25, 0.3) is 0 Å². The molecule has 0 bridgehead atoms. The Labute approximate surface area is 169 Å². The molecule has 0 spiro atoms. The van der Waals surface area contributed by atoms with Gasteiger partial charge in [0, 0.05) is 13.2 Å². The molecule has 0 radical (unpaired) electrons. The number of hydrogen-bond donors (Lipinski definition) is 0. The van der Waals surface area contributed by atoms with Crippen LogP contribution in [0.15, 0.2) is 24.3 Å². The van der Waals surface area contributed by atoms with Gasteiger partial charge in [0.05, 0.1) is 0 Å². The summed E-state index contributed by atoms with van der Waals surface area (Å²) in [5, 5.41) is 0. The number of hydrogen-bond acceptors (Lipinski definition) is 2. The van der Waals surface area contributed by atoms with Gasteiger partial charge in [-0.3, -0.25) is 0 Å². The third kappa shape index (κ3) is 17.2.